The van der Waals surface area contributed by atoms with Crippen LogP contribution in [0, 0.1) is 22.7 Å². The molecule has 10 nitrogen and oxygen atoms in total. The summed E-state index contributed by atoms with van der Waals surface area (Å²) in [4.78, 5) is 42.1. The van der Waals surface area contributed by atoms with Gasteiger partial charge in [0.15, 0.2) is 0 Å². The maximum atomic E-state index is 13.0. The zero-order valence-corrected chi connectivity index (χ0v) is 17.6. The molecule has 1 aliphatic heterocycles. The molecule has 0 bridgehead atoms. The summed E-state index contributed by atoms with van der Waals surface area (Å²) in [6, 6.07) is 12.9. The van der Waals surface area contributed by atoms with Crippen LogP contribution in [0.3, 0.4) is 0 Å². The first-order chi connectivity index (χ1) is 15.8. The summed E-state index contributed by atoms with van der Waals surface area (Å²) in [6.45, 7) is 0. The van der Waals surface area contributed by atoms with Crippen molar-refractivity contribution in [2.75, 3.05) is 10.6 Å². The molecule has 0 saturated carbocycles. The van der Waals surface area contributed by atoms with Crippen molar-refractivity contribution in [3.63, 3.8) is 0 Å². The number of imide groups is 1. The lowest BCUT2D eigenvalue weighted by Crippen LogP contribution is -2.31. The highest BCUT2D eigenvalue weighted by atomic mass is 32.2. The van der Waals surface area contributed by atoms with E-state index >= 15 is 0 Å². The molecule has 0 aliphatic carbocycles. The summed E-state index contributed by atoms with van der Waals surface area (Å²) >= 11 is 0.915. The highest BCUT2D eigenvalue weighted by molar-refractivity contribution is 8.00. The topological polar surface area (TPSA) is 180 Å². The second-order valence-electron chi connectivity index (χ2n) is 6.92. The Morgan fingerprint density at radius 3 is 2.42 bits per heavy atom. The maximum Gasteiger partial charge on any atom is 0.248 e. The predicted molar refractivity (Wildman–Crippen MR) is 117 cm³/mol. The number of nitrogen functional groups attached to an aromatic ring is 1. The predicted octanol–water partition coefficient (Wildman–Crippen LogP) is 2.19. The van der Waals surface area contributed by atoms with E-state index in [1.54, 1.807) is 12.1 Å². The van der Waals surface area contributed by atoms with Crippen LogP contribution in [0.2, 0.25) is 0 Å². The zero-order valence-electron chi connectivity index (χ0n) is 16.8. The van der Waals surface area contributed by atoms with Crippen molar-refractivity contribution in [1.82, 2.24) is 4.98 Å². The number of rotatable bonds is 5. The fourth-order valence-corrected chi connectivity index (χ4v) is 4.55. The van der Waals surface area contributed by atoms with E-state index < -0.39 is 23.0 Å². The molecule has 1 fully saturated rings. The van der Waals surface area contributed by atoms with E-state index in [1.165, 1.54) is 30.5 Å². The molecule has 0 spiro atoms. The maximum absolute atomic E-state index is 13.0. The van der Waals surface area contributed by atoms with Crippen LogP contribution >= 0.6 is 11.8 Å². The Morgan fingerprint density at radius 2 is 1.85 bits per heavy atom. The number of nitrogens with two attached hydrogens (primary N) is 2. The molecule has 11 heteroatoms. The van der Waals surface area contributed by atoms with Gasteiger partial charge in [-0.1, -0.05) is 11.8 Å². The van der Waals surface area contributed by atoms with Crippen LogP contribution in [0.1, 0.15) is 27.9 Å². The Labute approximate surface area is 191 Å². The fourth-order valence-electron chi connectivity index (χ4n) is 3.43. The number of carbonyl (C=O) groups is 3. The number of anilines is 2. The third kappa shape index (κ3) is 3.78. The fraction of sp³-hybridized carbons (Fsp3) is 0.0909. The second-order valence-corrected chi connectivity index (χ2v) is 8.11. The van der Waals surface area contributed by atoms with E-state index in [0.29, 0.717) is 5.69 Å². The minimum atomic E-state index is -0.871. The molecule has 1 unspecified atom stereocenters. The third-order valence-corrected chi connectivity index (χ3v) is 6.12. The molecule has 0 radical (unpaired) electrons. The molecule has 2 aromatic heterocycles. The summed E-state index contributed by atoms with van der Waals surface area (Å²) in [7, 11) is 0. The lowest BCUT2D eigenvalue weighted by atomic mass is 10.0. The lowest BCUT2D eigenvalue weighted by molar-refractivity contribution is -0.121. The number of hydrogen-bond acceptors (Lipinski definition) is 9. The molecular formula is C22H14N6O4S. The van der Waals surface area contributed by atoms with Gasteiger partial charge in [0.25, 0.3) is 0 Å². The van der Waals surface area contributed by atoms with Gasteiger partial charge in [0, 0.05) is 12.0 Å². The SMILES string of the molecule is N#Cc1c(N)nc(SC2CC(=O)N(c3ccc(C(N)=O)cc3)C2=O)c(C#N)c1-c1ccco1. The van der Waals surface area contributed by atoms with Crippen LogP contribution in [0.15, 0.2) is 52.1 Å². The van der Waals surface area contributed by atoms with Crippen molar-refractivity contribution in [2.24, 2.45) is 5.73 Å². The van der Waals surface area contributed by atoms with Gasteiger partial charge in [-0.25, -0.2) is 9.88 Å². The molecule has 1 aliphatic rings. The van der Waals surface area contributed by atoms with Gasteiger partial charge in [0.2, 0.25) is 17.7 Å². The third-order valence-electron chi connectivity index (χ3n) is 4.95. The number of thioether (sulfide) groups is 1. The quantitative estimate of drug-likeness (QED) is 0.542. The standard InChI is InChI=1S/C22H14N6O4S/c23-9-13-18(15-2-1-7-32-15)14(10-24)21(27-19(13)25)33-16-8-17(29)28(22(16)31)12-5-3-11(4-6-12)20(26)30/h1-7,16H,8H2,(H2,25,27)(H2,26,30). The number of aromatic nitrogens is 1. The number of primary amides is 1. The van der Waals surface area contributed by atoms with Crippen LogP contribution in [0.5, 0.6) is 0 Å². The Kier molecular flexibility index (Phi) is 5.56. The van der Waals surface area contributed by atoms with E-state index in [-0.39, 0.29) is 45.3 Å². The van der Waals surface area contributed by atoms with Crippen LogP contribution in [0.25, 0.3) is 11.3 Å². The number of amides is 3. The van der Waals surface area contributed by atoms with Gasteiger partial charge in [-0.05, 0) is 36.4 Å². The van der Waals surface area contributed by atoms with Crippen molar-refractivity contribution in [3.8, 4) is 23.5 Å². The Bertz CT molecular complexity index is 1370. The van der Waals surface area contributed by atoms with Crippen LogP contribution < -0.4 is 16.4 Å². The Balaban J connectivity index is 1.69. The highest BCUT2D eigenvalue weighted by Gasteiger charge is 2.41. The van der Waals surface area contributed by atoms with E-state index in [1.807, 2.05) is 12.1 Å². The normalized spacial score (nSPS) is 15.3. The van der Waals surface area contributed by atoms with Crippen molar-refractivity contribution < 1.29 is 18.8 Å². The Hall–Kier alpha value is -4.61. The summed E-state index contributed by atoms with van der Waals surface area (Å²) < 4.78 is 5.37. The number of pyridine rings is 1. The number of furan rings is 1. The average Bonchev–Trinajstić information content (AvgIpc) is 3.42. The highest BCUT2D eigenvalue weighted by Crippen LogP contribution is 2.40. The molecular weight excluding hydrogens is 444 g/mol. The molecule has 3 aromatic rings. The first kappa shape index (κ1) is 21.6. The molecule has 3 amide bonds. The second kappa shape index (κ2) is 8.49. The van der Waals surface area contributed by atoms with Crippen molar-refractivity contribution in [1.29, 1.82) is 10.5 Å². The van der Waals surface area contributed by atoms with Gasteiger partial charge in [-0.3, -0.25) is 14.4 Å². The lowest BCUT2D eigenvalue weighted by Gasteiger charge is -2.16. The van der Waals surface area contributed by atoms with Gasteiger partial charge in [0.05, 0.1) is 28.3 Å². The molecule has 1 aromatic carbocycles. The monoisotopic (exact) mass is 458 g/mol. The van der Waals surface area contributed by atoms with E-state index in [4.69, 9.17) is 15.9 Å². The number of carbonyl (C=O) groups excluding carboxylic acids is 3. The Morgan fingerprint density at radius 1 is 1.15 bits per heavy atom. The van der Waals surface area contributed by atoms with Gasteiger partial charge >= 0.3 is 0 Å². The summed E-state index contributed by atoms with van der Waals surface area (Å²) in [5.41, 5.74) is 11.9. The van der Waals surface area contributed by atoms with Gasteiger partial charge < -0.3 is 15.9 Å². The number of nitriles is 2. The first-order valence-electron chi connectivity index (χ1n) is 9.46. The molecule has 1 saturated heterocycles. The minimum absolute atomic E-state index is 0.0177. The summed E-state index contributed by atoms with van der Waals surface area (Å²) in [6.07, 6.45) is 1.26. The van der Waals surface area contributed by atoms with Crippen LogP contribution in [-0.4, -0.2) is 28.0 Å². The van der Waals surface area contributed by atoms with E-state index in [2.05, 4.69) is 4.98 Å². The molecule has 4 rings (SSSR count). The van der Waals surface area contributed by atoms with Gasteiger partial charge in [0.1, 0.15) is 34.3 Å². The zero-order chi connectivity index (χ0) is 23.7. The van der Waals surface area contributed by atoms with E-state index in [0.717, 1.165) is 16.7 Å². The summed E-state index contributed by atoms with van der Waals surface area (Å²) in [5.74, 6) is -1.46. The number of benzene rings is 1. The molecule has 1 atom stereocenters. The average molecular weight is 458 g/mol. The largest absolute Gasteiger partial charge is 0.464 e. The van der Waals surface area contributed by atoms with Crippen LogP contribution in [-0.2, 0) is 9.59 Å². The van der Waals surface area contributed by atoms with Crippen molar-refractivity contribution in [3.05, 3.63) is 59.4 Å². The smallest absolute Gasteiger partial charge is 0.248 e. The first-order valence-corrected chi connectivity index (χ1v) is 10.3. The van der Waals surface area contributed by atoms with E-state index in [9.17, 15) is 24.9 Å². The van der Waals surface area contributed by atoms with Crippen LogP contribution in [0.4, 0.5) is 11.5 Å². The van der Waals surface area contributed by atoms with Crippen molar-refractivity contribution in [2.45, 2.75) is 16.7 Å². The van der Waals surface area contributed by atoms with Gasteiger partial charge in [-0.15, -0.1) is 0 Å². The molecule has 4 N–H and O–H groups in total. The molecule has 162 valence electrons. The van der Waals surface area contributed by atoms with Gasteiger partial charge in [-0.2, -0.15) is 10.5 Å². The minimum Gasteiger partial charge on any atom is -0.464 e. The van der Waals surface area contributed by atoms with Crippen molar-refractivity contribution >= 4 is 41.0 Å². The number of nitrogens with zero attached hydrogens (tertiary/aromatic N) is 4. The molecule has 3 heterocycles. The number of hydrogen-bond donors (Lipinski definition) is 2. The molecule has 33 heavy (non-hydrogen) atoms. The summed E-state index contributed by atoms with van der Waals surface area (Å²) in [5, 5.41) is 18.6.